The summed E-state index contributed by atoms with van der Waals surface area (Å²) in [7, 11) is 0. The summed E-state index contributed by atoms with van der Waals surface area (Å²) in [6.07, 6.45) is 0. The molecule has 1 heterocycles. The van der Waals surface area contributed by atoms with Crippen LogP contribution in [0.4, 0.5) is 11.4 Å². The highest BCUT2D eigenvalue weighted by Crippen LogP contribution is 2.38. The Bertz CT molecular complexity index is 876. The average molecular weight is 369 g/mol. The number of hydrogen-bond donors (Lipinski definition) is 1. The number of fused-ring (bicyclic) bond motifs is 1. The Morgan fingerprint density at radius 1 is 1.12 bits per heavy atom. The molecule has 0 spiro atoms. The molecule has 0 saturated carbocycles. The molecule has 1 aliphatic rings. The monoisotopic (exact) mass is 368 g/mol. The first-order valence-electron chi connectivity index (χ1n) is 8.70. The summed E-state index contributed by atoms with van der Waals surface area (Å²) in [5.74, 6) is -0.242. The number of amides is 2. The Labute approximate surface area is 159 Å². The summed E-state index contributed by atoms with van der Waals surface area (Å²) < 4.78 is 0. The fraction of sp³-hybridized carbons (Fsp3) is 0.333. The highest BCUT2D eigenvalue weighted by atomic mass is 32.2. The minimum Gasteiger partial charge on any atom is -0.322 e. The number of nitrogens with zero attached hydrogens (tertiary/aromatic N) is 1. The molecule has 4 nitrogen and oxygen atoms in total. The van der Waals surface area contributed by atoms with Crippen molar-refractivity contribution in [2.24, 2.45) is 0 Å². The van der Waals surface area contributed by atoms with Crippen LogP contribution in [0.25, 0.3) is 0 Å². The number of para-hydroxylation sites is 2. The van der Waals surface area contributed by atoms with E-state index >= 15 is 0 Å². The standard InChI is InChI=1S/C21H24N2O2S/c1-13-10-11-16(12-14(13)2)26-15(3)19(24)23-18-9-7-6-8-17(18)22-20(25)21(23,4)5/h6-12,15H,1-5H3,(H,22,25). The van der Waals surface area contributed by atoms with Crippen molar-refractivity contribution in [1.29, 1.82) is 0 Å². The van der Waals surface area contributed by atoms with Crippen LogP contribution >= 0.6 is 11.8 Å². The molecule has 2 amide bonds. The highest BCUT2D eigenvalue weighted by molar-refractivity contribution is 8.00. The predicted molar refractivity (Wildman–Crippen MR) is 108 cm³/mol. The van der Waals surface area contributed by atoms with Gasteiger partial charge in [-0.1, -0.05) is 18.2 Å². The normalized spacial score (nSPS) is 16.7. The van der Waals surface area contributed by atoms with Gasteiger partial charge in [0.2, 0.25) is 11.8 Å². The Morgan fingerprint density at radius 3 is 2.50 bits per heavy atom. The van der Waals surface area contributed by atoms with Crippen LogP contribution < -0.4 is 10.2 Å². The third-order valence-electron chi connectivity index (χ3n) is 4.87. The van der Waals surface area contributed by atoms with E-state index in [1.807, 2.05) is 37.3 Å². The molecule has 2 aromatic carbocycles. The largest absolute Gasteiger partial charge is 0.322 e. The minimum absolute atomic E-state index is 0.0690. The molecule has 26 heavy (non-hydrogen) atoms. The van der Waals surface area contributed by atoms with Crippen molar-refractivity contribution in [3.05, 3.63) is 53.6 Å². The van der Waals surface area contributed by atoms with Gasteiger partial charge in [-0.05, 0) is 70.0 Å². The van der Waals surface area contributed by atoms with Crippen molar-refractivity contribution in [2.45, 2.75) is 50.3 Å². The SMILES string of the molecule is Cc1ccc(SC(C)C(=O)N2c3ccccc3NC(=O)C2(C)C)cc1C. The van der Waals surface area contributed by atoms with E-state index in [0.717, 1.165) is 10.6 Å². The number of carbonyl (C=O) groups excluding carboxylic acids is 2. The number of anilines is 2. The third-order valence-corrected chi connectivity index (χ3v) is 5.95. The number of benzene rings is 2. The van der Waals surface area contributed by atoms with Gasteiger partial charge in [0.1, 0.15) is 5.54 Å². The maximum atomic E-state index is 13.3. The molecular formula is C21H24N2O2S. The van der Waals surface area contributed by atoms with E-state index in [1.54, 1.807) is 18.7 Å². The van der Waals surface area contributed by atoms with Crippen molar-refractivity contribution in [3.8, 4) is 0 Å². The Morgan fingerprint density at radius 2 is 1.81 bits per heavy atom. The molecule has 2 aromatic rings. The molecule has 5 heteroatoms. The minimum atomic E-state index is -0.941. The van der Waals surface area contributed by atoms with Crippen molar-refractivity contribution < 1.29 is 9.59 Å². The zero-order valence-corrected chi connectivity index (χ0v) is 16.6. The van der Waals surface area contributed by atoms with Gasteiger partial charge in [0.15, 0.2) is 0 Å². The lowest BCUT2D eigenvalue weighted by molar-refractivity contribution is -0.126. The van der Waals surface area contributed by atoms with Gasteiger partial charge in [0.05, 0.1) is 16.6 Å². The van der Waals surface area contributed by atoms with E-state index in [0.29, 0.717) is 5.69 Å². The second kappa shape index (κ2) is 6.80. The molecule has 1 N–H and O–H groups in total. The lowest BCUT2D eigenvalue weighted by atomic mass is 9.96. The van der Waals surface area contributed by atoms with Crippen molar-refractivity contribution in [3.63, 3.8) is 0 Å². The van der Waals surface area contributed by atoms with Crippen LogP contribution in [0, 0.1) is 13.8 Å². The first-order chi connectivity index (χ1) is 12.2. The van der Waals surface area contributed by atoms with E-state index in [4.69, 9.17) is 0 Å². The second-order valence-electron chi connectivity index (χ2n) is 7.21. The van der Waals surface area contributed by atoms with Crippen molar-refractivity contribution in [1.82, 2.24) is 0 Å². The highest BCUT2D eigenvalue weighted by Gasteiger charge is 2.44. The lowest BCUT2D eigenvalue weighted by Crippen LogP contribution is -2.60. The molecule has 0 radical (unpaired) electrons. The summed E-state index contributed by atoms with van der Waals surface area (Å²) in [6.45, 7) is 9.60. The second-order valence-corrected chi connectivity index (χ2v) is 8.62. The molecule has 0 fully saturated rings. The van der Waals surface area contributed by atoms with E-state index in [9.17, 15) is 9.59 Å². The van der Waals surface area contributed by atoms with Gasteiger partial charge in [-0.2, -0.15) is 0 Å². The van der Waals surface area contributed by atoms with Crippen LogP contribution in [-0.4, -0.2) is 22.6 Å². The van der Waals surface area contributed by atoms with Crippen molar-refractivity contribution >= 4 is 35.0 Å². The number of aryl methyl sites for hydroxylation is 2. The smallest absolute Gasteiger partial charge is 0.250 e. The number of hydrogen-bond acceptors (Lipinski definition) is 3. The fourth-order valence-electron chi connectivity index (χ4n) is 3.07. The maximum Gasteiger partial charge on any atom is 0.250 e. The zero-order chi connectivity index (χ0) is 19.1. The van der Waals surface area contributed by atoms with Crippen LogP contribution in [0.2, 0.25) is 0 Å². The first-order valence-corrected chi connectivity index (χ1v) is 9.58. The molecule has 3 rings (SSSR count). The van der Waals surface area contributed by atoms with E-state index in [2.05, 4.69) is 31.3 Å². The van der Waals surface area contributed by atoms with Crippen LogP contribution in [0.5, 0.6) is 0 Å². The van der Waals surface area contributed by atoms with Gasteiger partial charge in [-0.3, -0.25) is 14.5 Å². The van der Waals surface area contributed by atoms with Gasteiger partial charge in [0, 0.05) is 4.90 Å². The van der Waals surface area contributed by atoms with Gasteiger partial charge in [0.25, 0.3) is 0 Å². The van der Waals surface area contributed by atoms with Gasteiger partial charge >= 0.3 is 0 Å². The molecule has 0 aromatic heterocycles. The lowest BCUT2D eigenvalue weighted by Gasteiger charge is -2.43. The summed E-state index contributed by atoms with van der Waals surface area (Å²) in [5, 5.41) is 2.59. The van der Waals surface area contributed by atoms with Crippen LogP contribution in [0.1, 0.15) is 31.9 Å². The summed E-state index contributed by atoms with van der Waals surface area (Å²) in [5.41, 5.74) is 2.92. The number of carbonyl (C=O) groups is 2. The van der Waals surface area contributed by atoms with Crippen LogP contribution in [-0.2, 0) is 9.59 Å². The molecule has 1 aliphatic heterocycles. The fourth-order valence-corrected chi connectivity index (χ4v) is 4.08. The van der Waals surface area contributed by atoms with Crippen molar-refractivity contribution in [2.75, 3.05) is 10.2 Å². The first kappa shape index (κ1) is 18.5. The quantitative estimate of drug-likeness (QED) is 0.809. The van der Waals surface area contributed by atoms with E-state index < -0.39 is 5.54 Å². The number of thioether (sulfide) groups is 1. The summed E-state index contributed by atoms with van der Waals surface area (Å²) in [6, 6.07) is 13.7. The van der Waals surface area contributed by atoms with Gasteiger partial charge < -0.3 is 5.32 Å². The summed E-state index contributed by atoms with van der Waals surface area (Å²) in [4.78, 5) is 28.5. The predicted octanol–water partition coefficient (Wildman–Crippen LogP) is 4.55. The molecule has 0 aliphatic carbocycles. The molecule has 1 unspecified atom stereocenters. The molecule has 1 atom stereocenters. The van der Waals surface area contributed by atoms with Gasteiger partial charge in [-0.15, -0.1) is 11.8 Å². The Balaban J connectivity index is 1.91. The maximum absolute atomic E-state index is 13.3. The van der Waals surface area contributed by atoms with E-state index in [1.165, 1.54) is 22.9 Å². The Hall–Kier alpha value is -2.27. The third kappa shape index (κ3) is 3.23. The molecule has 0 saturated heterocycles. The molecular weight excluding hydrogens is 344 g/mol. The van der Waals surface area contributed by atoms with Crippen LogP contribution in [0.15, 0.2) is 47.4 Å². The Kier molecular flexibility index (Phi) is 4.84. The summed E-state index contributed by atoms with van der Waals surface area (Å²) >= 11 is 1.52. The zero-order valence-electron chi connectivity index (χ0n) is 15.8. The number of nitrogens with one attached hydrogen (secondary N) is 1. The molecule has 0 bridgehead atoms. The van der Waals surface area contributed by atoms with E-state index in [-0.39, 0.29) is 17.1 Å². The number of rotatable bonds is 3. The molecule has 136 valence electrons. The van der Waals surface area contributed by atoms with Crippen LogP contribution in [0.3, 0.4) is 0 Å². The van der Waals surface area contributed by atoms with Gasteiger partial charge in [-0.25, -0.2) is 0 Å². The topological polar surface area (TPSA) is 49.4 Å². The average Bonchev–Trinajstić information content (AvgIpc) is 2.58.